The average Bonchev–Trinajstić information content (AvgIpc) is 1.99. The molecule has 1 saturated heterocycles. The Morgan fingerprint density at radius 2 is 2.15 bits per heavy atom. The molecule has 0 radical (unpaired) electrons. The second-order valence-electron chi connectivity index (χ2n) is 4.62. The largest absolute Gasteiger partial charge is 0.297 e. The number of thioether (sulfide) groups is 1. The quantitative estimate of drug-likeness (QED) is 0.629. The van der Waals surface area contributed by atoms with Crippen molar-refractivity contribution >= 4 is 11.8 Å². The molecule has 76 valence electrons. The van der Waals surface area contributed by atoms with Gasteiger partial charge in [-0.15, -0.1) is 0 Å². The number of hydrogen-bond acceptors (Lipinski definition) is 2. The summed E-state index contributed by atoms with van der Waals surface area (Å²) < 4.78 is 0.452. The third-order valence-electron chi connectivity index (χ3n) is 2.26. The summed E-state index contributed by atoms with van der Waals surface area (Å²) >= 11 is 2.10. The molecule has 0 N–H and O–H groups in total. The Kier molecular flexibility index (Phi) is 3.87. The van der Waals surface area contributed by atoms with Crippen molar-refractivity contribution in [1.82, 2.24) is 4.90 Å². The molecule has 1 aliphatic heterocycles. The van der Waals surface area contributed by atoms with Gasteiger partial charge in [-0.2, -0.15) is 11.8 Å². The van der Waals surface area contributed by atoms with Crippen LogP contribution in [0.3, 0.4) is 0 Å². The molecular weight excluding hydrogens is 178 g/mol. The maximum absolute atomic E-state index is 2.55. The van der Waals surface area contributed by atoms with Crippen LogP contribution in [0, 0.1) is 0 Å². The van der Waals surface area contributed by atoms with Crippen LogP contribution in [0.5, 0.6) is 0 Å². The highest BCUT2D eigenvalue weighted by atomic mass is 32.2. The van der Waals surface area contributed by atoms with Crippen LogP contribution in [0.4, 0.5) is 0 Å². The lowest BCUT2D eigenvalue weighted by molar-refractivity contribution is 0.286. The van der Waals surface area contributed by atoms with E-state index in [9.17, 15) is 0 Å². The van der Waals surface area contributed by atoms with Crippen LogP contribution in [-0.4, -0.2) is 35.0 Å². The molecule has 1 heterocycles. The first-order chi connectivity index (χ1) is 5.99. The molecule has 0 atom stereocenters. The normalized spacial score (nSPS) is 22.8. The molecule has 0 amide bonds. The summed E-state index contributed by atoms with van der Waals surface area (Å²) in [5.41, 5.74) is 1.43. The number of nitrogens with zero attached hydrogens (tertiary/aromatic N) is 1. The van der Waals surface area contributed by atoms with E-state index >= 15 is 0 Å². The van der Waals surface area contributed by atoms with Crippen molar-refractivity contribution in [2.24, 2.45) is 0 Å². The molecule has 0 aromatic heterocycles. The van der Waals surface area contributed by atoms with E-state index in [-0.39, 0.29) is 0 Å². The van der Waals surface area contributed by atoms with E-state index < -0.39 is 0 Å². The average molecular weight is 199 g/mol. The molecule has 1 rings (SSSR count). The Balaban J connectivity index is 2.39. The minimum absolute atomic E-state index is 0.452. The van der Waals surface area contributed by atoms with Crippen LogP contribution in [0.15, 0.2) is 11.6 Å². The first-order valence-electron chi connectivity index (χ1n) is 4.99. The summed E-state index contributed by atoms with van der Waals surface area (Å²) in [5, 5.41) is 0. The lowest BCUT2D eigenvalue weighted by Crippen LogP contribution is -2.43. The van der Waals surface area contributed by atoms with Gasteiger partial charge in [-0.1, -0.05) is 11.6 Å². The van der Waals surface area contributed by atoms with Crippen LogP contribution in [0.1, 0.15) is 27.7 Å². The molecule has 0 aromatic carbocycles. The molecule has 0 saturated carbocycles. The zero-order valence-electron chi connectivity index (χ0n) is 9.26. The van der Waals surface area contributed by atoms with E-state index in [1.54, 1.807) is 0 Å². The van der Waals surface area contributed by atoms with Crippen molar-refractivity contribution in [2.45, 2.75) is 32.4 Å². The summed E-state index contributed by atoms with van der Waals surface area (Å²) in [7, 11) is 0. The minimum Gasteiger partial charge on any atom is -0.297 e. The van der Waals surface area contributed by atoms with Gasteiger partial charge in [0, 0.05) is 30.1 Å². The molecule has 2 heteroatoms. The highest BCUT2D eigenvalue weighted by molar-refractivity contribution is 8.00. The van der Waals surface area contributed by atoms with Crippen molar-refractivity contribution < 1.29 is 0 Å². The fourth-order valence-electron chi connectivity index (χ4n) is 1.58. The SMILES string of the molecule is CC(C)=CCN1CCSC(C)(C)C1. The van der Waals surface area contributed by atoms with E-state index in [0.717, 1.165) is 6.54 Å². The molecule has 1 fully saturated rings. The van der Waals surface area contributed by atoms with Crippen LogP contribution < -0.4 is 0 Å². The molecule has 0 aromatic rings. The van der Waals surface area contributed by atoms with E-state index in [2.05, 4.69) is 50.4 Å². The van der Waals surface area contributed by atoms with Crippen LogP contribution >= 0.6 is 11.8 Å². The van der Waals surface area contributed by atoms with Crippen LogP contribution in [0.2, 0.25) is 0 Å². The highest BCUT2D eigenvalue weighted by Gasteiger charge is 2.25. The second kappa shape index (κ2) is 4.52. The Morgan fingerprint density at radius 1 is 1.46 bits per heavy atom. The van der Waals surface area contributed by atoms with Crippen molar-refractivity contribution in [3.05, 3.63) is 11.6 Å². The topological polar surface area (TPSA) is 3.24 Å². The molecule has 0 bridgehead atoms. The molecular formula is C11H21NS. The summed E-state index contributed by atoms with van der Waals surface area (Å²) in [4.78, 5) is 2.55. The van der Waals surface area contributed by atoms with Crippen molar-refractivity contribution in [3.8, 4) is 0 Å². The van der Waals surface area contributed by atoms with Gasteiger partial charge in [0.1, 0.15) is 0 Å². The van der Waals surface area contributed by atoms with Gasteiger partial charge in [-0.3, -0.25) is 4.90 Å². The van der Waals surface area contributed by atoms with Gasteiger partial charge < -0.3 is 0 Å². The summed E-state index contributed by atoms with van der Waals surface area (Å²) in [6.07, 6.45) is 2.33. The monoisotopic (exact) mass is 199 g/mol. The summed E-state index contributed by atoms with van der Waals surface area (Å²) in [6.45, 7) is 12.6. The van der Waals surface area contributed by atoms with E-state index in [1.165, 1.54) is 24.4 Å². The maximum atomic E-state index is 2.55. The van der Waals surface area contributed by atoms with E-state index in [0.29, 0.717) is 4.75 Å². The van der Waals surface area contributed by atoms with Crippen molar-refractivity contribution in [3.63, 3.8) is 0 Å². The predicted octanol–water partition coefficient (Wildman–Crippen LogP) is 2.78. The third-order valence-corrected chi connectivity index (χ3v) is 3.56. The van der Waals surface area contributed by atoms with Crippen molar-refractivity contribution in [1.29, 1.82) is 0 Å². The molecule has 0 unspecified atom stereocenters. The second-order valence-corrected chi connectivity index (χ2v) is 6.43. The van der Waals surface area contributed by atoms with E-state index in [4.69, 9.17) is 0 Å². The molecule has 0 spiro atoms. The Bertz CT molecular complexity index is 192. The third kappa shape index (κ3) is 4.19. The summed E-state index contributed by atoms with van der Waals surface area (Å²) in [6, 6.07) is 0. The smallest absolute Gasteiger partial charge is 0.0231 e. The number of hydrogen-bond donors (Lipinski definition) is 0. The molecule has 1 nitrogen and oxygen atoms in total. The van der Waals surface area contributed by atoms with Gasteiger partial charge in [-0.25, -0.2) is 0 Å². The zero-order chi connectivity index (χ0) is 9.90. The zero-order valence-corrected chi connectivity index (χ0v) is 10.1. The first kappa shape index (κ1) is 11.1. The van der Waals surface area contributed by atoms with Crippen LogP contribution in [0.25, 0.3) is 0 Å². The lowest BCUT2D eigenvalue weighted by Gasteiger charge is -2.37. The number of rotatable bonds is 2. The fourth-order valence-corrected chi connectivity index (χ4v) is 2.76. The van der Waals surface area contributed by atoms with Gasteiger partial charge in [0.05, 0.1) is 0 Å². The summed E-state index contributed by atoms with van der Waals surface area (Å²) in [5.74, 6) is 1.28. The first-order valence-corrected chi connectivity index (χ1v) is 5.98. The Labute approximate surface area is 86.6 Å². The molecule has 13 heavy (non-hydrogen) atoms. The lowest BCUT2D eigenvalue weighted by atomic mass is 10.2. The molecule has 0 aliphatic carbocycles. The van der Waals surface area contributed by atoms with Crippen molar-refractivity contribution in [2.75, 3.05) is 25.4 Å². The van der Waals surface area contributed by atoms with Gasteiger partial charge in [0.2, 0.25) is 0 Å². The Hall–Kier alpha value is 0.0500. The Morgan fingerprint density at radius 3 is 2.69 bits per heavy atom. The predicted molar refractivity (Wildman–Crippen MR) is 62.4 cm³/mol. The fraction of sp³-hybridized carbons (Fsp3) is 0.818. The minimum atomic E-state index is 0.452. The van der Waals surface area contributed by atoms with Gasteiger partial charge in [-0.05, 0) is 27.7 Å². The number of allylic oxidation sites excluding steroid dienone is 1. The van der Waals surface area contributed by atoms with E-state index in [1.807, 2.05) is 0 Å². The van der Waals surface area contributed by atoms with Crippen LogP contribution in [-0.2, 0) is 0 Å². The van der Waals surface area contributed by atoms with Gasteiger partial charge in [0.15, 0.2) is 0 Å². The maximum Gasteiger partial charge on any atom is 0.0231 e. The van der Waals surface area contributed by atoms with Gasteiger partial charge in [0.25, 0.3) is 0 Å². The highest BCUT2D eigenvalue weighted by Crippen LogP contribution is 2.29. The molecule has 1 aliphatic rings. The van der Waals surface area contributed by atoms with Gasteiger partial charge >= 0.3 is 0 Å². The standard InChI is InChI=1S/C11H21NS/c1-10(2)5-6-12-7-8-13-11(3,4)9-12/h5H,6-9H2,1-4H3.